The molecule has 0 N–H and O–H groups in total. The van der Waals surface area contributed by atoms with Crippen LogP contribution >= 0.6 is 0 Å². The lowest BCUT2D eigenvalue weighted by Crippen LogP contribution is -2.11. The molecule has 0 saturated heterocycles. The number of carbonyl (C=O) groups is 2. The first-order chi connectivity index (χ1) is 10.1. The maximum atomic E-state index is 12.1. The second kappa shape index (κ2) is 8.74. The van der Waals surface area contributed by atoms with E-state index < -0.39 is 5.97 Å². The maximum Gasteiger partial charge on any atom is 0.334 e. The third-order valence-corrected chi connectivity index (χ3v) is 2.89. The largest absolute Gasteiger partial charge is 0.466 e. The van der Waals surface area contributed by atoms with Crippen molar-refractivity contribution in [2.75, 3.05) is 13.7 Å². The summed E-state index contributed by atoms with van der Waals surface area (Å²) in [4.78, 5) is 23.2. The van der Waals surface area contributed by atoms with Gasteiger partial charge in [-0.15, -0.1) is 0 Å². The van der Waals surface area contributed by atoms with Crippen molar-refractivity contribution in [3.8, 4) is 0 Å². The highest BCUT2D eigenvalue weighted by molar-refractivity contribution is 5.91. The molecule has 21 heavy (non-hydrogen) atoms. The number of carbonyl (C=O) groups excluding carboxylic acids is 2. The fourth-order valence-electron chi connectivity index (χ4n) is 1.75. The van der Waals surface area contributed by atoms with Crippen LogP contribution in [-0.4, -0.2) is 25.7 Å². The molecule has 0 aliphatic rings. The number of hydrogen-bond donors (Lipinski definition) is 0. The molecule has 112 valence electrons. The third kappa shape index (κ3) is 5.65. The summed E-state index contributed by atoms with van der Waals surface area (Å²) in [5.74, 6) is -0.828. The zero-order valence-corrected chi connectivity index (χ0v) is 12.6. The average molecular weight is 288 g/mol. The Kier molecular flexibility index (Phi) is 6.95. The number of benzene rings is 1. The van der Waals surface area contributed by atoms with Gasteiger partial charge < -0.3 is 9.47 Å². The molecule has 0 fully saturated rings. The van der Waals surface area contributed by atoms with Gasteiger partial charge in [0.25, 0.3) is 0 Å². The molecule has 0 spiro atoms. The quantitative estimate of drug-likeness (QED) is 0.459. The summed E-state index contributed by atoms with van der Waals surface area (Å²) in [5.41, 5.74) is 2.22. The molecular formula is C17H20O4. The summed E-state index contributed by atoms with van der Waals surface area (Å²) < 4.78 is 9.63. The van der Waals surface area contributed by atoms with Gasteiger partial charge in [-0.2, -0.15) is 0 Å². The number of methoxy groups -OCH3 is 1. The number of esters is 2. The van der Waals surface area contributed by atoms with Crippen LogP contribution in [0.15, 0.2) is 53.6 Å². The number of hydrogen-bond acceptors (Lipinski definition) is 4. The van der Waals surface area contributed by atoms with E-state index in [2.05, 4.69) is 4.74 Å². The standard InChI is InChI=1S/C17H20O4/c1-4-21-17(19)15(12-14-8-6-5-7-9-14)13(2)10-11-16(18)20-3/h5-11H,4,12H2,1-3H3/b11-10+,15-13+. The highest BCUT2D eigenvalue weighted by Gasteiger charge is 2.14. The summed E-state index contributed by atoms with van der Waals surface area (Å²) in [5, 5.41) is 0. The van der Waals surface area contributed by atoms with Crippen molar-refractivity contribution in [1.82, 2.24) is 0 Å². The first-order valence-electron chi connectivity index (χ1n) is 6.75. The van der Waals surface area contributed by atoms with Crippen molar-refractivity contribution in [2.45, 2.75) is 20.3 Å². The zero-order valence-electron chi connectivity index (χ0n) is 12.6. The van der Waals surface area contributed by atoms with Gasteiger partial charge in [-0.25, -0.2) is 9.59 Å². The van der Waals surface area contributed by atoms with Gasteiger partial charge in [-0.3, -0.25) is 0 Å². The van der Waals surface area contributed by atoms with E-state index in [-0.39, 0.29) is 5.97 Å². The second-order valence-electron chi connectivity index (χ2n) is 4.40. The highest BCUT2D eigenvalue weighted by atomic mass is 16.5. The summed E-state index contributed by atoms with van der Waals surface area (Å²) in [6.07, 6.45) is 3.32. The van der Waals surface area contributed by atoms with Gasteiger partial charge >= 0.3 is 11.9 Å². The minimum atomic E-state index is -0.461. The Morgan fingerprint density at radius 3 is 2.38 bits per heavy atom. The Labute approximate surface area is 125 Å². The maximum absolute atomic E-state index is 12.1. The smallest absolute Gasteiger partial charge is 0.334 e. The van der Waals surface area contributed by atoms with Crippen LogP contribution < -0.4 is 0 Å². The van der Waals surface area contributed by atoms with Gasteiger partial charge in [0.05, 0.1) is 13.7 Å². The number of ether oxygens (including phenoxy) is 2. The zero-order chi connectivity index (χ0) is 15.7. The molecular weight excluding hydrogens is 268 g/mol. The lowest BCUT2D eigenvalue weighted by molar-refractivity contribution is -0.138. The van der Waals surface area contributed by atoms with E-state index in [0.717, 1.165) is 5.56 Å². The van der Waals surface area contributed by atoms with Crippen LogP contribution in [0.1, 0.15) is 19.4 Å². The van der Waals surface area contributed by atoms with Crippen molar-refractivity contribution < 1.29 is 19.1 Å². The van der Waals surface area contributed by atoms with E-state index in [1.807, 2.05) is 30.3 Å². The number of rotatable bonds is 6. The van der Waals surface area contributed by atoms with E-state index in [0.29, 0.717) is 24.2 Å². The molecule has 0 atom stereocenters. The topological polar surface area (TPSA) is 52.6 Å². The second-order valence-corrected chi connectivity index (χ2v) is 4.40. The van der Waals surface area contributed by atoms with E-state index >= 15 is 0 Å². The van der Waals surface area contributed by atoms with E-state index in [1.165, 1.54) is 13.2 Å². The van der Waals surface area contributed by atoms with Crippen LogP contribution in [0, 0.1) is 0 Å². The van der Waals surface area contributed by atoms with Gasteiger partial charge in [0.1, 0.15) is 0 Å². The average Bonchev–Trinajstić information content (AvgIpc) is 2.51. The summed E-state index contributed by atoms with van der Waals surface area (Å²) in [6, 6.07) is 9.63. The van der Waals surface area contributed by atoms with Crippen molar-refractivity contribution >= 4 is 11.9 Å². The molecule has 0 bridgehead atoms. The first kappa shape index (κ1) is 16.7. The Balaban J connectivity index is 3.03. The Morgan fingerprint density at radius 2 is 1.81 bits per heavy atom. The molecule has 0 unspecified atom stereocenters. The summed E-state index contributed by atoms with van der Waals surface area (Å²) in [6.45, 7) is 3.84. The normalized spacial score (nSPS) is 12.0. The van der Waals surface area contributed by atoms with Gasteiger partial charge in [0.15, 0.2) is 0 Å². The molecule has 1 aromatic carbocycles. The Morgan fingerprint density at radius 1 is 1.14 bits per heavy atom. The first-order valence-corrected chi connectivity index (χ1v) is 6.75. The van der Waals surface area contributed by atoms with E-state index in [9.17, 15) is 9.59 Å². The van der Waals surface area contributed by atoms with E-state index in [1.54, 1.807) is 19.9 Å². The number of allylic oxidation sites excluding steroid dienone is 2. The molecule has 0 saturated carbocycles. The molecule has 1 aromatic rings. The van der Waals surface area contributed by atoms with Crippen molar-refractivity contribution in [1.29, 1.82) is 0 Å². The monoisotopic (exact) mass is 288 g/mol. The molecule has 4 heteroatoms. The van der Waals surface area contributed by atoms with Crippen LogP contribution in [0.5, 0.6) is 0 Å². The minimum Gasteiger partial charge on any atom is -0.466 e. The van der Waals surface area contributed by atoms with Crippen LogP contribution in [0.3, 0.4) is 0 Å². The summed E-state index contributed by atoms with van der Waals surface area (Å²) >= 11 is 0. The van der Waals surface area contributed by atoms with E-state index in [4.69, 9.17) is 4.74 Å². The van der Waals surface area contributed by atoms with Crippen molar-refractivity contribution in [3.63, 3.8) is 0 Å². The fourth-order valence-corrected chi connectivity index (χ4v) is 1.75. The van der Waals surface area contributed by atoms with Crippen molar-refractivity contribution in [3.05, 3.63) is 59.2 Å². The minimum absolute atomic E-state index is 0.311. The van der Waals surface area contributed by atoms with Gasteiger partial charge in [-0.05, 0) is 25.0 Å². The molecule has 0 aliphatic carbocycles. The van der Waals surface area contributed by atoms with Gasteiger partial charge in [0.2, 0.25) is 0 Å². The summed E-state index contributed by atoms with van der Waals surface area (Å²) in [7, 11) is 1.31. The molecule has 1 rings (SSSR count). The van der Waals surface area contributed by atoms with Gasteiger partial charge in [0, 0.05) is 18.1 Å². The predicted octanol–water partition coefficient (Wildman–Crippen LogP) is 2.84. The lowest BCUT2D eigenvalue weighted by atomic mass is 10.0. The SMILES string of the molecule is CCOC(=O)/C(Cc1ccccc1)=C(C)/C=C/C(=O)OC. The van der Waals surface area contributed by atoms with Crippen LogP contribution in [0.25, 0.3) is 0 Å². The molecule has 4 nitrogen and oxygen atoms in total. The van der Waals surface area contributed by atoms with Crippen LogP contribution in [0.2, 0.25) is 0 Å². The van der Waals surface area contributed by atoms with Crippen LogP contribution in [-0.2, 0) is 25.5 Å². The predicted molar refractivity (Wildman–Crippen MR) is 80.6 cm³/mol. The third-order valence-electron chi connectivity index (χ3n) is 2.89. The molecule has 0 aromatic heterocycles. The molecule has 0 heterocycles. The lowest BCUT2D eigenvalue weighted by Gasteiger charge is -2.09. The fraction of sp³-hybridized carbons (Fsp3) is 0.294. The van der Waals surface area contributed by atoms with Crippen LogP contribution in [0.4, 0.5) is 0 Å². The molecule has 0 aliphatic heterocycles. The Hall–Kier alpha value is -2.36. The Bertz CT molecular complexity index is 541. The van der Waals surface area contributed by atoms with Gasteiger partial charge in [-0.1, -0.05) is 36.4 Å². The molecule has 0 radical (unpaired) electrons. The molecule has 0 amide bonds. The highest BCUT2D eigenvalue weighted by Crippen LogP contribution is 2.15. The van der Waals surface area contributed by atoms with Crippen molar-refractivity contribution in [2.24, 2.45) is 0 Å².